The van der Waals surface area contributed by atoms with Crippen molar-refractivity contribution in [3.63, 3.8) is 0 Å². The molecule has 3 fully saturated rings. The van der Waals surface area contributed by atoms with Crippen LogP contribution in [0.3, 0.4) is 0 Å². The topological polar surface area (TPSA) is 70.7 Å². The Morgan fingerprint density at radius 3 is 2.75 bits per heavy atom. The van der Waals surface area contributed by atoms with Gasteiger partial charge in [-0.25, -0.2) is 4.98 Å². The highest BCUT2D eigenvalue weighted by molar-refractivity contribution is 5.90. The van der Waals surface area contributed by atoms with Crippen LogP contribution < -0.4 is 5.32 Å². The van der Waals surface area contributed by atoms with Gasteiger partial charge in [0.1, 0.15) is 6.33 Å². The molecule has 1 aromatic rings. The number of carbonyl (C=O) groups excluding carboxylic acids is 1. The van der Waals surface area contributed by atoms with Gasteiger partial charge < -0.3 is 5.32 Å². The molecule has 4 rings (SSSR count). The van der Waals surface area contributed by atoms with E-state index < -0.39 is 0 Å². The van der Waals surface area contributed by atoms with Crippen molar-refractivity contribution in [2.24, 2.45) is 23.7 Å². The first kappa shape index (κ1) is 8.73. The summed E-state index contributed by atoms with van der Waals surface area (Å²) < 4.78 is 0. The molecule has 3 aliphatic rings. The number of nitrogens with one attached hydrogen (secondary N) is 2. The fraction of sp³-hybridized carbons (Fsp3) is 0.727. The largest absolute Gasteiger partial charge is 0.346 e. The second-order valence-electron chi connectivity index (χ2n) is 5.32. The molecular formula is C11H14N4O. The van der Waals surface area contributed by atoms with E-state index in [1.807, 2.05) is 0 Å². The average molecular weight is 218 g/mol. The number of H-pyrrole nitrogens is 1. The number of fused-ring (bicyclic) bond motifs is 5. The van der Waals surface area contributed by atoms with E-state index >= 15 is 0 Å². The molecule has 1 heterocycles. The van der Waals surface area contributed by atoms with Crippen LogP contribution in [0.5, 0.6) is 0 Å². The van der Waals surface area contributed by atoms with E-state index in [9.17, 15) is 4.79 Å². The minimum atomic E-state index is -0.101. The van der Waals surface area contributed by atoms with E-state index in [4.69, 9.17) is 0 Å². The minimum Gasteiger partial charge on any atom is -0.346 e. The van der Waals surface area contributed by atoms with Crippen LogP contribution in [0.15, 0.2) is 6.33 Å². The van der Waals surface area contributed by atoms with Gasteiger partial charge in [0.25, 0.3) is 5.91 Å². The lowest BCUT2D eigenvalue weighted by molar-refractivity contribution is 0.0934. The number of rotatable bonds is 2. The minimum absolute atomic E-state index is 0.101. The number of amides is 1. The van der Waals surface area contributed by atoms with Crippen molar-refractivity contribution >= 4 is 5.91 Å². The van der Waals surface area contributed by atoms with Gasteiger partial charge in [0.2, 0.25) is 5.82 Å². The van der Waals surface area contributed by atoms with Crippen molar-refractivity contribution in [3.05, 3.63) is 12.2 Å². The van der Waals surface area contributed by atoms with Crippen molar-refractivity contribution in [2.75, 3.05) is 0 Å². The van der Waals surface area contributed by atoms with Gasteiger partial charge in [-0.1, -0.05) is 0 Å². The second kappa shape index (κ2) is 2.84. The van der Waals surface area contributed by atoms with Gasteiger partial charge in [-0.3, -0.25) is 9.89 Å². The van der Waals surface area contributed by atoms with Gasteiger partial charge in [-0.05, 0) is 42.9 Å². The maximum absolute atomic E-state index is 11.8. The second-order valence-corrected chi connectivity index (χ2v) is 5.32. The summed E-state index contributed by atoms with van der Waals surface area (Å²) in [5.74, 6) is 3.54. The molecule has 3 aliphatic carbocycles. The van der Waals surface area contributed by atoms with Crippen LogP contribution in [0.25, 0.3) is 0 Å². The van der Waals surface area contributed by atoms with E-state index in [1.54, 1.807) is 0 Å². The third-order valence-corrected chi connectivity index (χ3v) is 4.66. The zero-order valence-corrected chi connectivity index (χ0v) is 8.89. The molecule has 84 valence electrons. The van der Waals surface area contributed by atoms with Crippen LogP contribution in [0.4, 0.5) is 0 Å². The van der Waals surface area contributed by atoms with Crippen LogP contribution >= 0.6 is 0 Å². The van der Waals surface area contributed by atoms with Crippen molar-refractivity contribution in [1.29, 1.82) is 0 Å². The predicted molar refractivity (Wildman–Crippen MR) is 55.4 cm³/mol. The Kier molecular flexibility index (Phi) is 1.55. The molecule has 16 heavy (non-hydrogen) atoms. The van der Waals surface area contributed by atoms with Crippen molar-refractivity contribution in [1.82, 2.24) is 20.5 Å². The molecule has 3 saturated carbocycles. The molecule has 4 unspecified atom stereocenters. The fourth-order valence-electron chi connectivity index (χ4n) is 4.05. The highest BCUT2D eigenvalue weighted by atomic mass is 16.2. The summed E-state index contributed by atoms with van der Waals surface area (Å²) in [6.07, 6.45) is 5.53. The van der Waals surface area contributed by atoms with Gasteiger partial charge >= 0.3 is 0 Å². The maximum Gasteiger partial charge on any atom is 0.288 e. The lowest BCUT2D eigenvalue weighted by Gasteiger charge is -2.09. The lowest BCUT2D eigenvalue weighted by atomic mass is 10.0. The number of hydrogen-bond donors (Lipinski definition) is 2. The van der Waals surface area contributed by atoms with Crippen LogP contribution in [0.1, 0.15) is 29.9 Å². The summed E-state index contributed by atoms with van der Waals surface area (Å²) in [7, 11) is 0. The molecule has 0 radical (unpaired) electrons. The molecular weight excluding hydrogens is 204 g/mol. The Hall–Kier alpha value is -1.39. The summed E-state index contributed by atoms with van der Waals surface area (Å²) in [4.78, 5) is 15.6. The van der Waals surface area contributed by atoms with Crippen molar-refractivity contribution in [3.8, 4) is 0 Å². The van der Waals surface area contributed by atoms with E-state index in [-0.39, 0.29) is 5.91 Å². The number of carbonyl (C=O) groups is 1. The lowest BCUT2D eigenvalue weighted by Crippen LogP contribution is -2.30. The highest BCUT2D eigenvalue weighted by Gasteiger charge is 2.65. The monoisotopic (exact) mass is 218 g/mol. The van der Waals surface area contributed by atoms with E-state index in [2.05, 4.69) is 20.5 Å². The number of aromatic nitrogens is 3. The molecule has 2 bridgehead atoms. The quantitative estimate of drug-likeness (QED) is 0.762. The van der Waals surface area contributed by atoms with Crippen molar-refractivity contribution in [2.45, 2.75) is 25.3 Å². The molecule has 1 amide bonds. The summed E-state index contributed by atoms with van der Waals surface area (Å²) in [6, 6.07) is 0.420. The molecule has 5 nitrogen and oxygen atoms in total. The molecule has 0 aromatic carbocycles. The van der Waals surface area contributed by atoms with Crippen LogP contribution in [0, 0.1) is 23.7 Å². The van der Waals surface area contributed by atoms with Gasteiger partial charge in [-0.15, -0.1) is 0 Å². The standard InChI is InChI=1S/C11H14N4O/c16-11(10-12-4-13-15-10)14-9-7-5-1-2-6(3-5)8(7)9/h4-9H,1-3H2,(H,14,16)(H,12,13,15). The summed E-state index contributed by atoms with van der Waals surface area (Å²) in [5, 5.41) is 9.38. The molecule has 4 atom stereocenters. The Balaban J connectivity index is 1.46. The Morgan fingerprint density at radius 1 is 1.38 bits per heavy atom. The predicted octanol–water partition coefficient (Wildman–Crippen LogP) is 0.579. The maximum atomic E-state index is 11.8. The first-order chi connectivity index (χ1) is 7.84. The first-order valence-corrected chi connectivity index (χ1v) is 6.01. The molecule has 0 spiro atoms. The molecule has 0 saturated heterocycles. The highest BCUT2D eigenvalue weighted by Crippen LogP contribution is 2.65. The number of nitrogens with zero attached hydrogens (tertiary/aromatic N) is 2. The van der Waals surface area contributed by atoms with Gasteiger partial charge in [-0.2, -0.15) is 5.10 Å². The summed E-state index contributed by atoms with van der Waals surface area (Å²) >= 11 is 0. The van der Waals surface area contributed by atoms with Gasteiger partial charge in [0.05, 0.1) is 0 Å². The van der Waals surface area contributed by atoms with Crippen molar-refractivity contribution < 1.29 is 4.79 Å². The van der Waals surface area contributed by atoms with E-state index in [0.29, 0.717) is 11.9 Å². The Morgan fingerprint density at radius 2 is 2.12 bits per heavy atom. The van der Waals surface area contributed by atoms with Gasteiger partial charge in [0.15, 0.2) is 0 Å². The normalized spacial score (nSPS) is 43.1. The Bertz CT molecular complexity index is 413. The van der Waals surface area contributed by atoms with Crippen LogP contribution in [0.2, 0.25) is 0 Å². The third-order valence-electron chi connectivity index (χ3n) is 4.66. The average Bonchev–Trinajstić information content (AvgIpc) is 2.81. The number of aromatic amines is 1. The molecule has 0 aliphatic heterocycles. The first-order valence-electron chi connectivity index (χ1n) is 6.01. The van der Waals surface area contributed by atoms with Gasteiger partial charge in [0, 0.05) is 6.04 Å². The number of hydrogen-bond acceptors (Lipinski definition) is 3. The Labute approximate surface area is 93.0 Å². The fourth-order valence-corrected chi connectivity index (χ4v) is 4.05. The zero-order chi connectivity index (χ0) is 10.7. The smallest absolute Gasteiger partial charge is 0.288 e. The summed E-state index contributed by atoms with van der Waals surface area (Å²) in [6.45, 7) is 0. The zero-order valence-electron chi connectivity index (χ0n) is 8.89. The molecule has 1 aromatic heterocycles. The molecule has 5 heteroatoms. The van der Waals surface area contributed by atoms with Crippen LogP contribution in [-0.2, 0) is 0 Å². The van der Waals surface area contributed by atoms with E-state index in [0.717, 1.165) is 23.7 Å². The SMILES string of the molecule is O=C(NC1C2C3CCC(C3)C12)c1ncn[nH]1. The third kappa shape index (κ3) is 1.03. The van der Waals surface area contributed by atoms with Crippen LogP contribution in [-0.4, -0.2) is 27.1 Å². The summed E-state index contributed by atoms with van der Waals surface area (Å²) in [5.41, 5.74) is 0. The molecule has 2 N–H and O–H groups in total. The van der Waals surface area contributed by atoms with E-state index in [1.165, 1.54) is 25.6 Å².